The van der Waals surface area contributed by atoms with Crippen molar-refractivity contribution in [3.63, 3.8) is 0 Å². The fourth-order valence-electron chi connectivity index (χ4n) is 2.33. The van der Waals surface area contributed by atoms with Gasteiger partial charge in [0.05, 0.1) is 6.33 Å². The smallest absolute Gasteiger partial charge is 0.228 e. The largest absolute Gasteiger partial charge is 0.333 e. The minimum Gasteiger partial charge on any atom is -0.333 e. The normalized spacial score (nSPS) is 19.1. The summed E-state index contributed by atoms with van der Waals surface area (Å²) in [6, 6.07) is 8.12. The van der Waals surface area contributed by atoms with Gasteiger partial charge in [-0.2, -0.15) is 0 Å². The molecule has 1 aliphatic heterocycles. The summed E-state index contributed by atoms with van der Waals surface area (Å²) in [6.07, 6.45) is 6.07. The standard InChI is InChI=1S/C14H14BrN3O/c15-12-7-14(19)18(9-12)13-3-1-2-11(6-13)8-17-5-4-16-10-17/h1-6,10,12H,7-9H2. The molecule has 0 N–H and O–H groups in total. The van der Waals surface area contributed by atoms with Crippen molar-refractivity contribution in [3.8, 4) is 0 Å². The van der Waals surface area contributed by atoms with Crippen LogP contribution in [0.3, 0.4) is 0 Å². The molecule has 4 nitrogen and oxygen atoms in total. The number of anilines is 1. The first kappa shape index (κ1) is 12.4. The van der Waals surface area contributed by atoms with Gasteiger partial charge in [-0.1, -0.05) is 28.1 Å². The van der Waals surface area contributed by atoms with Crippen molar-refractivity contribution in [1.29, 1.82) is 0 Å². The van der Waals surface area contributed by atoms with Crippen LogP contribution in [0.4, 0.5) is 5.69 Å². The molecule has 1 fully saturated rings. The maximum Gasteiger partial charge on any atom is 0.228 e. The SMILES string of the molecule is O=C1CC(Br)CN1c1cccc(Cn2ccnc2)c1. The Bertz CT molecular complexity index is 582. The number of imidazole rings is 1. The highest BCUT2D eigenvalue weighted by Crippen LogP contribution is 2.25. The van der Waals surface area contributed by atoms with E-state index in [1.54, 1.807) is 12.5 Å². The molecule has 19 heavy (non-hydrogen) atoms. The van der Waals surface area contributed by atoms with Crippen LogP contribution in [0.25, 0.3) is 0 Å². The molecule has 0 bridgehead atoms. The Morgan fingerprint density at radius 3 is 3.00 bits per heavy atom. The number of amides is 1. The third-order valence-electron chi connectivity index (χ3n) is 3.22. The lowest BCUT2D eigenvalue weighted by molar-refractivity contribution is -0.117. The van der Waals surface area contributed by atoms with Gasteiger partial charge in [-0.15, -0.1) is 0 Å². The van der Waals surface area contributed by atoms with Crippen molar-refractivity contribution >= 4 is 27.5 Å². The topological polar surface area (TPSA) is 38.1 Å². The molecule has 1 aromatic carbocycles. The second kappa shape index (κ2) is 5.17. The predicted octanol–water partition coefficient (Wildman–Crippen LogP) is 2.43. The molecule has 0 aliphatic carbocycles. The van der Waals surface area contributed by atoms with Crippen LogP contribution in [0.2, 0.25) is 0 Å². The van der Waals surface area contributed by atoms with Gasteiger partial charge in [0.1, 0.15) is 0 Å². The number of rotatable bonds is 3. The lowest BCUT2D eigenvalue weighted by atomic mass is 10.2. The van der Waals surface area contributed by atoms with E-state index in [1.807, 2.05) is 27.8 Å². The van der Waals surface area contributed by atoms with E-state index in [2.05, 4.69) is 33.0 Å². The Kier molecular flexibility index (Phi) is 3.38. The van der Waals surface area contributed by atoms with Crippen LogP contribution < -0.4 is 4.90 Å². The highest BCUT2D eigenvalue weighted by atomic mass is 79.9. The molecule has 1 unspecified atom stereocenters. The van der Waals surface area contributed by atoms with E-state index in [0.717, 1.165) is 18.8 Å². The number of hydrogen-bond donors (Lipinski definition) is 0. The zero-order valence-electron chi connectivity index (χ0n) is 10.4. The zero-order valence-corrected chi connectivity index (χ0v) is 12.0. The number of aromatic nitrogens is 2. The molecule has 1 amide bonds. The van der Waals surface area contributed by atoms with Crippen LogP contribution in [0.15, 0.2) is 43.0 Å². The van der Waals surface area contributed by atoms with Gasteiger partial charge in [-0.3, -0.25) is 4.79 Å². The van der Waals surface area contributed by atoms with Gasteiger partial charge in [0.2, 0.25) is 5.91 Å². The molecular formula is C14H14BrN3O. The molecule has 2 heterocycles. The van der Waals surface area contributed by atoms with Crippen LogP contribution in [-0.4, -0.2) is 26.8 Å². The highest BCUT2D eigenvalue weighted by Gasteiger charge is 2.28. The second-order valence-corrected chi connectivity index (χ2v) is 6.01. The first-order chi connectivity index (χ1) is 9.22. The first-order valence-electron chi connectivity index (χ1n) is 6.21. The van der Waals surface area contributed by atoms with Crippen molar-refractivity contribution in [2.45, 2.75) is 17.8 Å². The fraction of sp³-hybridized carbons (Fsp3) is 0.286. The van der Waals surface area contributed by atoms with E-state index in [9.17, 15) is 4.79 Å². The lowest BCUT2D eigenvalue weighted by Crippen LogP contribution is -2.24. The van der Waals surface area contributed by atoms with Crippen molar-refractivity contribution in [2.24, 2.45) is 0 Å². The van der Waals surface area contributed by atoms with Gasteiger partial charge in [-0.25, -0.2) is 4.98 Å². The number of carbonyl (C=O) groups is 1. The number of halogens is 1. The summed E-state index contributed by atoms with van der Waals surface area (Å²) in [5.74, 6) is 0.182. The summed E-state index contributed by atoms with van der Waals surface area (Å²) in [7, 11) is 0. The van der Waals surface area contributed by atoms with Crippen molar-refractivity contribution in [3.05, 3.63) is 48.5 Å². The molecule has 0 spiro atoms. The van der Waals surface area contributed by atoms with Crippen LogP contribution in [-0.2, 0) is 11.3 Å². The summed E-state index contributed by atoms with van der Waals surface area (Å²) in [5, 5.41) is 0. The average Bonchev–Trinajstić information content (AvgIpc) is 2.99. The quantitative estimate of drug-likeness (QED) is 0.815. The fourth-order valence-corrected chi connectivity index (χ4v) is 2.89. The Morgan fingerprint density at radius 2 is 2.32 bits per heavy atom. The third kappa shape index (κ3) is 2.71. The van der Waals surface area contributed by atoms with E-state index < -0.39 is 0 Å². The van der Waals surface area contributed by atoms with Crippen LogP contribution in [0.5, 0.6) is 0 Å². The molecule has 5 heteroatoms. The summed E-state index contributed by atoms with van der Waals surface area (Å²) in [6.45, 7) is 1.51. The predicted molar refractivity (Wildman–Crippen MR) is 77.5 cm³/mol. The van der Waals surface area contributed by atoms with Gasteiger partial charge in [0, 0.05) is 42.4 Å². The van der Waals surface area contributed by atoms with Gasteiger partial charge in [0.25, 0.3) is 0 Å². The molecular weight excluding hydrogens is 306 g/mol. The average molecular weight is 320 g/mol. The zero-order chi connectivity index (χ0) is 13.2. The molecule has 0 saturated carbocycles. The van der Waals surface area contributed by atoms with Crippen LogP contribution in [0.1, 0.15) is 12.0 Å². The molecule has 1 atom stereocenters. The minimum atomic E-state index is 0.182. The summed E-state index contributed by atoms with van der Waals surface area (Å²) < 4.78 is 2.01. The molecule has 1 aliphatic rings. The van der Waals surface area contributed by atoms with Gasteiger partial charge in [-0.05, 0) is 17.7 Å². The molecule has 2 aromatic rings. The molecule has 1 saturated heterocycles. The van der Waals surface area contributed by atoms with Crippen molar-refractivity contribution in [2.75, 3.05) is 11.4 Å². The van der Waals surface area contributed by atoms with E-state index in [0.29, 0.717) is 6.42 Å². The van der Waals surface area contributed by atoms with Gasteiger partial charge >= 0.3 is 0 Å². The second-order valence-electron chi connectivity index (χ2n) is 4.71. The molecule has 0 radical (unpaired) electrons. The Hall–Kier alpha value is -1.62. The number of alkyl halides is 1. The summed E-state index contributed by atoms with van der Waals surface area (Å²) in [4.78, 5) is 18.0. The van der Waals surface area contributed by atoms with Crippen LogP contribution >= 0.6 is 15.9 Å². The van der Waals surface area contributed by atoms with E-state index in [-0.39, 0.29) is 10.7 Å². The minimum absolute atomic E-state index is 0.182. The van der Waals surface area contributed by atoms with E-state index >= 15 is 0 Å². The Morgan fingerprint density at radius 1 is 1.42 bits per heavy atom. The Labute approximate surface area is 120 Å². The lowest BCUT2D eigenvalue weighted by Gasteiger charge is -2.17. The van der Waals surface area contributed by atoms with Crippen molar-refractivity contribution in [1.82, 2.24) is 9.55 Å². The van der Waals surface area contributed by atoms with E-state index in [4.69, 9.17) is 0 Å². The van der Waals surface area contributed by atoms with E-state index in [1.165, 1.54) is 5.56 Å². The number of hydrogen-bond acceptors (Lipinski definition) is 2. The molecule has 3 rings (SSSR count). The maximum absolute atomic E-state index is 11.9. The third-order valence-corrected chi connectivity index (χ3v) is 3.84. The maximum atomic E-state index is 11.9. The van der Waals surface area contributed by atoms with Crippen LogP contribution in [0, 0.1) is 0 Å². The molecule has 1 aromatic heterocycles. The summed E-state index contributed by atoms with van der Waals surface area (Å²) >= 11 is 3.51. The van der Waals surface area contributed by atoms with Crippen molar-refractivity contribution < 1.29 is 4.79 Å². The Balaban J connectivity index is 1.82. The number of carbonyl (C=O) groups excluding carboxylic acids is 1. The molecule has 98 valence electrons. The van der Waals surface area contributed by atoms with Gasteiger partial charge < -0.3 is 9.47 Å². The number of benzene rings is 1. The van der Waals surface area contributed by atoms with Gasteiger partial charge in [0.15, 0.2) is 0 Å². The monoisotopic (exact) mass is 319 g/mol. The summed E-state index contributed by atoms with van der Waals surface area (Å²) in [5.41, 5.74) is 2.14. The number of nitrogens with zero attached hydrogens (tertiary/aromatic N) is 3. The highest BCUT2D eigenvalue weighted by molar-refractivity contribution is 9.09. The first-order valence-corrected chi connectivity index (χ1v) is 7.13.